The summed E-state index contributed by atoms with van der Waals surface area (Å²) < 4.78 is 27.4. The Morgan fingerprint density at radius 2 is 1.75 bits per heavy atom. The van der Waals surface area contributed by atoms with E-state index in [1.165, 1.54) is 12.1 Å². The average molecular weight is 242 g/mol. The van der Waals surface area contributed by atoms with Crippen molar-refractivity contribution < 1.29 is 8.78 Å². The molecule has 1 aliphatic heterocycles. The number of rotatable bonds is 2. The molecule has 2 nitrogen and oxygen atoms in total. The van der Waals surface area contributed by atoms with Crippen molar-refractivity contribution in [2.45, 2.75) is 0 Å². The Morgan fingerprint density at radius 1 is 1.19 bits per heavy atom. The molecule has 0 aliphatic carbocycles. The Kier molecular flexibility index (Phi) is 3.43. The SMILES string of the molecule is C=Nc1cc(F)c(N2CCSCC2)c(F)c1. The third-order valence-electron chi connectivity index (χ3n) is 2.51. The van der Waals surface area contributed by atoms with Crippen LogP contribution < -0.4 is 4.90 Å². The molecule has 86 valence electrons. The van der Waals surface area contributed by atoms with Crippen molar-refractivity contribution >= 4 is 29.9 Å². The number of halogens is 2. The lowest BCUT2D eigenvalue weighted by atomic mass is 10.2. The molecule has 0 amide bonds. The Morgan fingerprint density at radius 3 is 2.25 bits per heavy atom. The number of hydrogen-bond donors (Lipinski definition) is 0. The van der Waals surface area contributed by atoms with Gasteiger partial charge in [0.25, 0.3) is 0 Å². The monoisotopic (exact) mass is 242 g/mol. The van der Waals surface area contributed by atoms with Crippen LogP contribution in [0.2, 0.25) is 0 Å². The molecule has 1 fully saturated rings. The fourth-order valence-electron chi connectivity index (χ4n) is 1.73. The summed E-state index contributed by atoms with van der Waals surface area (Å²) in [6.07, 6.45) is 0. The molecule has 1 aromatic carbocycles. The molecule has 5 heteroatoms. The Labute approximate surface area is 97.4 Å². The molecule has 1 heterocycles. The number of benzene rings is 1. The lowest BCUT2D eigenvalue weighted by molar-refractivity contribution is 0.574. The first-order chi connectivity index (χ1) is 7.72. The van der Waals surface area contributed by atoms with Crippen LogP contribution in [0.25, 0.3) is 0 Å². The van der Waals surface area contributed by atoms with Crippen LogP contribution in [0.1, 0.15) is 0 Å². The lowest BCUT2D eigenvalue weighted by Crippen LogP contribution is -2.33. The van der Waals surface area contributed by atoms with Gasteiger partial charge in [0, 0.05) is 36.7 Å². The highest BCUT2D eigenvalue weighted by Crippen LogP contribution is 2.29. The van der Waals surface area contributed by atoms with Crippen molar-refractivity contribution in [2.24, 2.45) is 4.99 Å². The molecule has 1 saturated heterocycles. The molecule has 0 unspecified atom stereocenters. The second-order valence-electron chi connectivity index (χ2n) is 3.52. The molecular formula is C11H12F2N2S. The van der Waals surface area contributed by atoms with Crippen LogP contribution in [0.5, 0.6) is 0 Å². The summed E-state index contributed by atoms with van der Waals surface area (Å²) in [5, 5.41) is 0. The molecule has 2 rings (SSSR count). The Balaban J connectivity index is 2.35. The van der Waals surface area contributed by atoms with Gasteiger partial charge < -0.3 is 4.90 Å². The van der Waals surface area contributed by atoms with Crippen molar-refractivity contribution in [2.75, 3.05) is 29.5 Å². The molecule has 0 radical (unpaired) electrons. The molecular weight excluding hydrogens is 230 g/mol. The van der Waals surface area contributed by atoms with Crippen LogP contribution in [0.15, 0.2) is 17.1 Å². The predicted octanol–water partition coefficient (Wildman–Crippen LogP) is 2.85. The molecule has 0 atom stereocenters. The van der Waals surface area contributed by atoms with Crippen molar-refractivity contribution in [1.82, 2.24) is 0 Å². The van der Waals surface area contributed by atoms with E-state index in [9.17, 15) is 8.78 Å². The minimum atomic E-state index is -0.561. The fraction of sp³-hybridized carbons (Fsp3) is 0.364. The van der Waals surface area contributed by atoms with E-state index in [0.717, 1.165) is 11.5 Å². The van der Waals surface area contributed by atoms with E-state index < -0.39 is 11.6 Å². The van der Waals surface area contributed by atoms with E-state index in [2.05, 4.69) is 11.7 Å². The normalized spacial score (nSPS) is 16.2. The van der Waals surface area contributed by atoms with Gasteiger partial charge in [0.2, 0.25) is 0 Å². The van der Waals surface area contributed by atoms with Gasteiger partial charge in [0.1, 0.15) is 5.69 Å². The fourth-order valence-corrected chi connectivity index (χ4v) is 2.64. The second-order valence-corrected chi connectivity index (χ2v) is 4.74. The predicted molar refractivity (Wildman–Crippen MR) is 65.1 cm³/mol. The van der Waals surface area contributed by atoms with E-state index in [4.69, 9.17) is 0 Å². The summed E-state index contributed by atoms with van der Waals surface area (Å²) in [6.45, 7) is 4.61. The number of nitrogens with zero attached hydrogens (tertiary/aromatic N) is 2. The Hall–Kier alpha value is -1.10. The second kappa shape index (κ2) is 4.82. The van der Waals surface area contributed by atoms with Crippen LogP contribution in [0.3, 0.4) is 0 Å². The minimum Gasteiger partial charge on any atom is -0.365 e. The number of thioether (sulfide) groups is 1. The standard InChI is InChI=1S/C11H12F2N2S/c1-14-8-6-9(12)11(10(13)7-8)15-2-4-16-5-3-15/h6-7H,1-5H2. The molecule has 0 spiro atoms. The summed E-state index contributed by atoms with van der Waals surface area (Å²) in [7, 11) is 0. The first-order valence-corrected chi connectivity index (χ1v) is 6.16. The highest BCUT2D eigenvalue weighted by atomic mass is 32.2. The van der Waals surface area contributed by atoms with E-state index in [1.807, 2.05) is 0 Å². The molecule has 16 heavy (non-hydrogen) atoms. The molecule has 0 N–H and O–H groups in total. The van der Waals surface area contributed by atoms with E-state index >= 15 is 0 Å². The number of hydrogen-bond acceptors (Lipinski definition) is 3. The quantitative estimate of drug-likeness (QED) is 0.741. The largest absolute Gasteiger partial charge is 0.365 e. The zero-order valence-corrected chi connectivity index (χ0v) is 9.57. The van der Waals surface area contributed by atoms with E-state index in [-0.39, 0.29) is 11.4 Å². The first-order valence-electron chi connectivity index (χ1n) is 5.01. The molecule has 1 aromatic rings. The Bertz CT molecular complexity index is 380. The van der Waals surface area contributed by atoms with Crippen molar-refractivity contribution in [3.8, 4) is 0 Å². The van der Waals surface area contributed by atoms with Crippen LogP contribution in [-0.4, -0.2) is 31.3 Å². The van der Waals surface area contributed by atoms with Crippen molar-refractivity contribution in [3.05, 3.63) is 23.8 Å². The zero-order valence-electron chi connectivity index (χ0n) is 8.75. The maximum absolute atomic E-state index is 13.7. The maximum atomic E-state index is 13.7. The third kappa shape index (κ3) is 2.19. The summed E-state index contributed by atoms with van der Waals surface area (Å²) in [5.74, 6) is 0.685. The van der Waals surface area contributed by atoms with Crippen LogP contribution >= 0.6 is 11.8 Å². The van der Waals surface area contributed by atoms with Gasteiger partial charge in [-0.2, -0.15) is 11.8 Å². The van der Waals surface area contributed by atoms with Gasteiger partial charge in [-0.1, -0.05) is 0 Å². The van der Waals surface area contributed by atoms with Gasteiger partial charge >= 0.3 is 0 Å². The van der Waals surface area contributed by atoms with Crippen LogP contribution in [0.4, 0.5) is 20.2 Å². The smallest absolute Gasteiger partial charge is 0.151 e. The summed E-state index contributed by atoms with van der Waals surface area (Å²) in [6, 6.07) is 2.43. The van der Waals surface area contributed by atoms with Gasteiger partial charge in [0.05, 0.1) is 5.69 Å². The number of aliphatic imine (C=N–C) groups is 1. The average Bonchev–Trinajstić information content (AvgIpc) is 2.29. The van der Waals surface area contributed by atoms with Gasteiger partial charge in [-0.05, 0) is 6.72 Å². The molecule has 0 bridgehead atoms. The van der Waals surface area contributed by atoms with Gasteiger partial charge in [-0.15, -0.1) is 0 Å². The van der Waals surface area contributed by atoms with E-state index in [1.54, 1.807) is 16.7 Å². The number of anilines is 1. The third-order valence-corrected chi connectivity index (χ3v) is 3.45. The zero-order chi connectivity index (χ0) is 11.5. The van der Waals surface area contributed by atoms with Crippen molar-refractivity contribution in [1.29, 1.82) is 0 Å². The van der Waals surface area contributed by atoms with E-state index in [0.29, 0.717) is 13.1 Å². The lowest BCUT2D eigenvalue weighted by Gasteiger charge is -2.29. The molecule has 0 saturated carbocycles. The maximum Gasteiger partial charge on any atom is 0.151 e. The van der Waals surface area contributed by atoms with Crippen LogP contribution in [0, 0.1) is 11.6 Å². The molecule has 0 aromatic heterocycles. The topological polar surface area (TPSA) is 15.6 Å². The minimum absolute atomic E-state index is 0.0627. The van der Waals surface area contributed by atoms with Gasteiger partial charge in [0.15, 0.2) is 11.6 Å². The summed E-state index contributed by atoms with van der Waals surface area (Å²) in [4.78, 5) is 5.27. The highest BCUT2D eigenvalue weighted by Gasteiger charge is 2.19. The summed E-state index contributed by atoms with van der Waals surface area (Å²) in [5.41, 5.74) is 0.290. The molecule has 1 aliphatic rings. The van der Waals surface area contributed by atoms with Gasteiger partial charge in [-0.25, -0.2) is 8.78 Å². The van der Waals surface area contributed by atoms with Crippen LogP contribution in [-0.2, 0) is 0 Å². The first kappa shape index (κ1) is 11.4. The highest BCUT2D eigenvalue weighted by molar-refractivity contribution is 7.99. The van der Waals surface area contributed by atoms with Crippen molar-refractivity contribution in [3.63, 3.8) is 0 Å². The summed E-state index contributed by atoms with van der Waals surface area (Å²) >= 11 is 1.80. The van der Waals surface area contributed by atoms with Gasteiger partial charge in [-0.3, -0.25) is 4.99 Å².